The number of piperidine rings is 1. The van der Waals surface area contributed by atoms with Gasteiger partial charge in [0.1, 0.15) is 0 Å². The molecule has 1 heterocycles. The third-order valence-corrected chi connectivity index (χ3v) is 3.53. The lowest BCUT2D eigenvalue weighted by molar-refractivity contribution is -0.123. The number of allylic oxidation sites excluding steroid dienone is 6. The Balaban J connectivity index is 2.03. The highest BCUT2D eigenvalue weighted by molar-refractivity contribution is 5.80. The van der Waals surface area contributed by atoms with Crippen molar-refractivity contribution in [2.75, 3.05) is 0 Å². The summed E-state index contributed by atoms with van der Waals surface area (Å²) >= 11 is 0. The number of hydrogen-bond acceptors (Lipinski definition) is 2. The molecule has 1 aliphatic heterocycles. The third kappa shape index (κ3) is 1.30. The highest BCUT2D eigenvalue weighted by atomic mass is 16.1. The van der Waals surface area contributed by atoms with E-state index in [0.717, 1.165) is 17.8 Å². The smallest absolute Gasteiger partial charge is 0.224 e. The molecule has 3 atom stereocenters. The van der Waals surface area contributed by atoms with Crippen molar-refractivity contribution in [2.24, 2.45) is 23.5 Å². The maximum atomic E-state index is 11.5. The van der Waals surface area contributed by atoms with Crippen molar-refractivity contribution >= 4 is 5.91 Å². The first-order valence-corrected chi connectivity index (χ1v) is 5.38. The summed E-state index contributed by atoms with van der Waals surface area (Å²) in [6.07, 6.45) is 9.79. The summed E-state index contributed by atoms with van der Waals surface area (Å²) in [6, 6.07) is 0. The fraction of sp³-hybridized carbons (Fsp3) is 0.417. The van der Waals surface area contributed by atoms with Crippen LogP contribution in [0.4, 0.5) is 0 Å². The Bertz CT molecular complexity index is 406. The first-order valence-electron chi connectivity index (χ1n) is 5.38. The highest BCUT2D eigenvalue weighted by Crippen LogP contribution is 2.42. The zero-order valence-corrected chi connectivity index (χ0v) is 8.44. The van der Waals surface area contributed by atoms with E-state index in [-0.39, 0.29) is 5.91 Å². The molecule has 2 aliphatic carbocycles. The van der Waals surface area contributed by atoms with Gasteiger partial charge in [-0.2, -0.15) is 0 Å². The van der Waals surface area contributed by atoms with Crippen molar-refractivity contribution in [1.29, 1.82) is 0 Å². The third-order valence-electron chi connectivity index (χ3n) is 3.53. The molecule has 0 saturated carbocycles. The molecule has 0 aromatic carbocycles. The predicted molar refractivity (Wildman–Crippen MR) is 57.3 cm³/mol. The van der Waals surface area contributed by atoms with E-state index in [0.29, 0.717) is 24.2 Å². The van der Waals surface area contributed by atoms with Crippen LogP contribution < -0.4 is 11.1 Å². The fourth-order valence-corrected chi connectivity index (χ4v) is 2.97. The van der Waals surface area contributed by atoms with Crippen LogP contribution in [0.25, 0.3) is 0 Å². The van der Waals surface area contributed by atoms with Crippen molar-refractivity contribution in [3.63, 3.8) is 0 Å². The number of carbonyl (C=O) groups is 1. The molecule has 1 saturated heterocycles. The van der Waals surface area contributed by atoms with Crippen molar-refractivity contribution in [3.05, 3.63) is 35.7 Å². The summed E-state index contributed by atoms with van der Waals surface area (Å²) in [5.74, 6) is 1.35. The molecule has 3 rings (SSSR count). The van der Waals surface area contributed by atoms with E-state index in [4.69, 9.17) is 5.73 Å². The van der Waals surface area contributed by atoms with Crippen LogP contribution in [0.15, 0.2) is 35.7 Å². The van der Waals surface area contributed by atoms with Gasteiger partial charge in [-0.25, -0.2) is 0 Å². The van der Waals surface area contributed by atoms with E-state index in [2.05, 4.69) is 17.5 Å². The molecular formula is C12H14N2O. The van der Waals surface area contributed by atoms with Gasteiger partial charge in [-0.15, -0.1) is 0 Å². The molecule has 0 aromatic heterocycles. The average molecular weight is 202 g/mol. The molecule has 3 N–H and O–H groups in total. The first-order chi connectivity index (χ1) is 7.24. The molecule has 0 radical (unpaired) electrons. The minimum atomic E-state index is 0.131. The van der Waals surface area contributed by atoms with Gasteiger partial charge in [0.25, 0.3) is 0 Å². The van der Waals surface area contributed by atoms with Gasteiger partial charge in [-0.1, -0.05) is 18.2 Å². The van der Waals surface area contributed by atoms with E-state index >= 15 is 0 Å². The maximum Gasteiger partial charge on any atom is 0.224 e. The summed E-state index contributed by atoms with van der Waals surface area (Å²) in [7, 11) is 0. The molecule has 78 valence electrons. The first kappa shape index (κ1) is 8.77. The molecule has 1 fully saturated rings. The predicted octanol–water partition coefficient (Wildman–Crippen LogP) is 1.05. The second kappa shape index (κ2) is 2.99. The standard InChI is InChI=1S/C12H14N2O/c13-9-4-7-2-1-3-10-12(7)8(5-9)6-11(15)14-10/h1-4,7-8,12H,5-6,13H2,(H,14,15). The summed E-state index contributed by atoms with van der Waals surface area (Å²) in [5.41, 5.74) is 7.91. The average Bonchev–Trinajstić information content (AvgIpc) is 2.16. The van der Waals surface area contributed by atoms with Gasteiger partial charge >= 0.3 is 0 Å². The van der Waals surface area contributed by atoms with Crippen LogP contribution in [0.2, 0.25) is 0 Å². The normalized spacial score (nSPS) is 37.6. The largest absolute Gasteiger partial charge is 0.402 e. The van der Waals surface area contributed by atoms with Gasteiger partial charge in [0.2, 0.25) is 5.91 Å². The monoisotopic (exact) mass is 202 g/mol. The topological polar surface area (TPSA) is 55.1 Å². The van der Waals surface area contributed by atoms with Gasteiger partial charge in [-0.3, -0.25) is 4.79 Å². The second-order valence-electron chi connectivity index (χ2n) is 4.57. The van der Waals surface area contributed by atoms with E-state index in [1.54, 1.807) is 0 Å². The Kier molecular flexibility index (Phi) is 1.75. The van der Waals surface area contributed by atoms with Gasteiger partial charge in [0, 0.05) is 29.7 Å². The Morgan fingerprint density at radius 1 is 1.40 bits per heavy atom. The SMILES string of the molecule is NC1=CC2C=CC=C3NC(=O)CC(C1)C32. The number of nitrogens with one attached hydrogen (secondary N) is 1. The Labute approximate surface area is 88.7 Å². The van der Waals surface area contributed by atoms with Crippen LogP contribution in [0.5, 0.6) is 0 Å². The number of carbonyl (C=O) groups excluding carboxylic acids is 1. The van der Waals surface area contributed by atoms with Crippen LogP contribution >= 0.6 is 0 Å². The number of nitrogens with two attached hydrogens (primary N) is 1. The Hall–Kier alpha value is -1.51. The Morgan fingerprint density at radius 3 is 3.13 bits per heavy atom. The lowest BCUT2D eigenvalue weighted by atomic mass is 9.68. The highest BCUT2D eigenvalue weighted by Gasteiger charge is 2.39. The number of hydrogen-bond donors (Lipinski definition) is 2. The summed E-state index contributed by atoms with van der Waals surface area (Å²) in [6.45, 7) is 0. The molecule has 3 nitrogen and oxygen atoms in total. The van der Waals surface area contributed by atoms with Crippen LogP contribution in [0.3, 0.4) is 0 Å². The number of rotatable bonds is 0. The summed E-state index contributed by atoms with van der Waals surface area (Å²) in [5, 5.41) is 2.96. The van der Waals surface area contributed by atoms with Crippen molar-refractivity contribution < 1.29 is 4.79 Å². The lowest BCUT2D eigenvalue weighted by Crippen LogP contribution is -2.44. The summed E-state index contributed by atoms with van der Waals surface area (Å²) < 4.78 is 0. The zero-order valence-electron chi connectivity index (χ0n) is 8.44. The molecule has 3 aliphatic rings. The molecule has 15 heavy (non-hydrogen) atoms. The van der Waals surface area contributed by atoms with Crippen LogP contribution in [-0.2, 0) is 4.79 Å². The molecule has 3 heteroatoms. The molecule has 1 amide bonds. The molecule has 0 aromatic rings. The Morgan fingerprint density at radius 2 is 2.27 bits per heavy atom. The van der Waals surface area contributed by atoms with E-state index < -0.39 is 0 Å². The van der Waals surface area contributed by atoms with Crippen LogP contribution in [0.1, 0.15) is 12.8 Å². The van der Waals surface area contributed by atoms with Crippen LogP contribution in [0, 0.1) is 17.8 Å². The molecular weight excluding hydrogens is 188 g/mol. The zero-order chi connectivity index (χ0) is 10.4. The second-order valence-corrected chi connectivity index (χ2v) is 4.57. The minimum absolute atomic E-state index is 0.131. The lowest BCUT2D eigenvalue weighted by Gasteiger charge is -2.41. The molecule has 0 bridgehead atoms. The van der Waals surface area contributed by atoms with Crippen molar-refractivity contribution in [3.8, 4) is 0 Å². The quantitative estimate of drug-likeness (QED) is 0.617. The van der Waals surface area contributed by atoms with E-state index in [9.17, 15) is 4.79 Å². The minimum Gasteiger partial charge on any atom is -0.402 e. The summed E-state index contributed by atoms with van der Waals surface area (Å²) in [4.78, 5) is 11.5. The fourth-order valence-electron chi connectivity index (χ4n) is 2.97. The van der Waals surface area contributed by atoms with Crippen molar-refractivity contribution in [1.82, 2.24) is 5.32 Å². The van der Waals surface area contributed by atoms with Gasteiger partial charge in [0.15, 0.2) is 0 Å². The van der Waals surface area contributed by atoms with Gasteiger partial charge in [-0.05, 0) is 18.4 Å². The molecule has 3 unspecified atom stereocenters. The van der Waals surface area contributed by atoms with Crippen molar-refractivity contribution in [2.45, 2.75) is 12.8 Å². The number of amides is 1. The van der Waals surface area contributed by atoms with Gasteiger partial charge < -0.3 is 11.1 Å². The molecule has 0 spiro atoms. The van der Waals surface area contributed by atoms with E-state index in [1.807, 2.05) is 12.2 Å². The van der Waals surface area contributed by atoms with E-state index in [1.165, 1.54) is 0 Å². The maximum absolute atomic E-state index is 11.5. The van der Waals surface area contributed by atoms with Crippen LogP contribution in [-0.4, -0.2) is 5.91 Å². The van der Waals surface area contributed by atoms with Gasteiger partial charge in [0.05, 0.1) is 0 Å².